The molecule has 0 aliphatic carbocycles. The largest absolute Gasteiger partial charge is 0.310 e. The average molecular weight is 391 g/mol. The normalized spacial score (nSPS) is 12.4. The van der Waals surface area contributed by atoms with Crippen molar-refractivity contribution in [3.63, 3.8) is 0 Å². The van der Waals surface area contributed by atoms with Crippen LogP contribution in [0.25, 0.3) is 0 Å². The predicted octanol–water partition coefficient (Wildman–Crippen LogP) is 5.79. The molecule has 0 saturated carbocycles. The molecular formula is C16H15BrCl2FN. The molecule has 0 radical (unpaired) electrons. The Bertz CT molecular complexity index is 634. The van der Waals surface area contributed by atoms with E-state index in [0.717, 1.165) is 22.1 Å². The first kappa shape index (κ1) is 16.8. The molecular weight excluding hydrogens is 376 g/mol. The first-order chi connectivity index (χ1) is 10.0. The van der Waals surface area contributed by atoms with Crippen LogP contribution in [0.3, 0.4) is 0 Å². The SMILES string of the molecule is CCNC(Cc1ccc(F)c(Cl)c1)c1cc(Br)ccc1Cl. The summed E-state index contributed by atoms with van der Waals surface area (Å²) in [6.45, 7) is 2.85. The fourth-order valence-electron chi connectivity index (χ4n) is 2.22. The van der Waals surface area contributed by atoms with Gasteiger partial charge in [-0.05, 0) is 54.4 Å². The van der Waals surface area contributed by atoms with Crippen molar-refractivity contribution in [3.05, 3.63) is 67.9 Å². The Hall–Kier alpha value is -0.610. The van der Waals surface area contributed by atoms with E-state index < -0.39 is 5.82 Å². The van der Waals surface area contributed by atoms with Crippen LogP contribution in [0.2, 0.25) is 10.0 Å². The van der Waals surface area contributed by atoms with Gasteiger partial charge in [0.05, 0.1) is 5.02 Å². The minimum atomic E-state index is -0.402. The lowest BCUT2D eigenvalue weighted by Crippen LogP contribution is -2.23. The lowest BCUT2D eigenvalue weighted by atomic mass is 9.98. The van der Waals surface area contributed by atoms with Gasteiger partial charge in [-0.1, -0.05) is 52.1 Å². The van der Waals surface area contributed by atoms with Gasteiger partial charge in [0.15, 0.2) is 0 Å². The highest BCUT2D eigenvalue weighted by atomic mass is 79.9. The highest BCUT2D eigenvalue weighted by molar-refractivity contribution is 9.10. The molecule has 0 aromatic heterocycles. The van der Waals surface area contributed by atoms with Gasteiger partial charge in [0, 0.05) is 15.5 Å². The van der Waals surface area contributed by atoms with Gasteiger partial charge >= 0.3 is 0 Å². The van der Waals surface area contributed by atoms with E-state index in [9.17, 15) is 4.39 Å². The maximum absolute atomic E-state index is 13.2. The number of hydrogen-bond acceptors (Lipinski definition) is 1. The van der Waals surface area contributed by atoms with Crippen molar-refractivity contribution >= 4 is 39.1 Å². The second kappa shape index (κ2) is 7.59. The van der Waals surface area contributed by atoms with Gasteiger partial charge in [-0.25, -0.2) is 4.39 Å². The number of benzene rings is 2. The lowest BCUT2D eigenvalue weighted by molar-refractivity contribution is 0.548. The van der Waals surface area contributed by atoms with Crippen molar-refractivity contribution in [1.29, 1.82) is 0 Å². The highest BCUT2D eigenvalue weighted by Gasteiger charge is 2.15. The molecule has 0 fully saturated rings. The van der Waals surface area contributed by atoms with E-state index in [4.69, 9.17) is 23.2 Å². The number of halogens is 4. The Morgan fingerprint density at radius 2 is 1.90 bits per heavy atom. The van der Waals surface area contributed by atoms with E-state index in [1.165, 1.54) is 6.07 Å². The van der Waals surface area contributed by atoms with Crippen molar-refractivity contribution in [2.45, 2.75) is 19.4 Å². The zero-order valence-corrected chi connectivity index (χ0v) is 14.6. The maximum atomic E-state index is 13.2. The van der Waals surface area contributed by atoms with Crippen LogP contribution < -0.4 is 5.32 Å². The van der Waals surface area contributed by atoms with E-state index in [0.29, 0.717) is 11.4 Å². The molecule has 0 aliphatic heterocycles. The Morgan fingerprint density at radius 3 is 2.57 bits per heavy atom. The molecule has 2 aromatic carbocycles. The van der Waals surface area contributed by atoms with Crippen molar-refractivity contribution < 1.29 is 4.39 Å². The molecule has 2 aromatic rings. The van der Waals surface area contributed by atoms with Crippen molar-refractivity contribution in [2.75, 3.05) is 6.54 Å². The predicted molar refractivity (Wildman–Crippen MR) is 90.7 cm³/mol. The van der Waals surface area contributed by atoms with Gasteiger partial charge in [0.1, 0.15) is 5.82 Å². The van der Waals surface area contributed by atoms with E-state index >= 15 is 0 Å². The zero-order chi connectivity index (χ0) is 15.4. The molecule has 1 atom stereocenters. The summed E-state index contributed by atoms with van der Waals surface area (Å²) in [4.78, 5) is 0. The second-order valence-corrected chi connectivity index (χ2v) is 6.46. The summed E-state index contributed by atoms with van der Waals surface area (Å²) in [5.41, 5.74) is 1.97. The quantitative estimate of drug-likeness (QED) is 0.681. The minimum absolute atomic E-state index is 0.0431. The molecule has 0 saturated heterocycles. The van der Waals surface area contributed by atoms with Crippen LogP contribution in [-0.4, -0.2) is 6.54 Å². The van der Waals surface area contributed by atoms with E-state index in [1.54, 1.807) is 12.1 Å². The molecule has 1 nitrogen and oxygen atoms in total. The summed E-state index contributed by atoms with van der Waals surface area (Å²) in [5, 5.41) is 4.26. The van der Waals surface area contributed by atoms with Crippen LogP contribution in [0.4, 0.5) is 4.39 Å². The van der Waals surface area contributed by atoms with Gasteiger partial charge in [-0.15, -0.1) is 0 Å². The molecule has 0 heterocycles. The summed E-state index contributed by atoms with van der Waals surface area (Å²) in [5.74, 6) is -0.402. The third kappa shape index (κ3) is 4.43. The van der Waals surface area contributed by atoms with Crippen LogP contribution in [0.15, 0.2) is 40.9 Å². The molecule has 112 valence electrons. The van der Waals surface area contributed by atoms with Gasteiger partial charge in [-0.2, -0.15) is 0 Å². The molecule has 5 heteroatoms. The highest BCUT2D eigenvalue weighted by Crippen LogP contribution is 2.29. The molecule has 0 bridgehead atoms. The lowest BCUT2D eigenvalue weighted by Gasteiger charge is -2.20. The van der Waals surface area contributed by atoms with Crippen LogP contribution in [0.1, 0.15) is 24.1 Å². The van der Waals surface area contributed by atoms with Gasteiger partial charge in [0.25, 0.3) is 0 Å². The maximum Gasteiger partial charge on any atom is 0.141 e. The van der Waals surface area contributed by atoms with Crippen LogP contribution in [0, 0.1) is 5.82 Å². The number of rotatable bonds is 5. The Balaban J connectivity index is 2.30. The van der Waals surface area contributed by atoms with Crippen LogP contribution in [-0.2, 0) is 6.42 Å². The second-order valence-electron chi connectivity index (χ2n) is 4.73. The zero-order valence-electron chi connectivity index (χ0n) is 11.5. The Labute approximate surface area is 142 Å². The molecule has 21 heavy (non-hydrogen) atoms. The first-order valence-electron chi connectivity index (χ1n) is 6.63. The number of nitrogens with one attached hydrogen (secondary N) is 1. The number of hydrogen-bond donors (Lipinski definition) is 1. The molecule has 1 unspecified atom stereocenters. The van der Waals surface area contributed by atoms with Crippen LogP contribution >= 0.6 is 39.1 Å². The van der Waals surface area contributed by atoms with Crippen molar-refractivity contribution in [1.82, 2.24) is 5.32 Å². The van der Waals surface area contributed by atoms with Gasteiger partial charge < -0.3 is 5.32 Å². The Kier molecular flexibility index (Phi) is 6.06. The van der Waals surface area contributed by atoms with E-state index in [2.05, 4.69) is 21.2 Å². The van der Waals surface area contributed by atoms with Gasteiger partial charge in [0.2, 0.25) is 0 Å². The summed E-state index contributed by atoms with van der Waals surface area (Å²) in [6, 6.07) is 10.6. The topological polar surface area (TPSA) is 12.0 Å². The third-order valence-corrected chi connectivity index (χ3v) is 4.33. The average Bonchev–Trinajstić information content (AvgIpc) is 2.45. The molecule has 0 spiro atoms. The smallest absolute Gasteiger partial charge is 0.141 e. The summed E-state index contributed by atoms with van der Waals surface area (Å²) in [6.07, 6.45) is 0.685. The standard InChI is InChI=1S/C16H15BrCl2FN/c1-2-21-16(12-9-11(17)4-5-13(12)18)8-10-3-6-15(20)14(19)7-10/h3-7,9,16,21H,2,8H2,1H3. The molecule has 0 amide bonds. The molecule has 1 N–H and O–H groups in total. The van der Waals surface area contributed by atoms with Crippen molar-refractivity contribution in [2.24, 2.45) is 0 Å². The minimum Gasteiger partial charge on any atom is -0.310 e. The Morgan fingerprint density at radius 1 is 1.14 bits per heavy atom. The number of likely N-dealkylation sites (N-methyl/N-ethyl adjacent to an activating group) is 1. The summed E-state index contributed by atoms with van der Waals surface area (Å²) >= 11 is 15.6. The third-order valence-electron chi connectivity index (χ3n) is 3.21. The van der Waals surface area contributed by atoms with E-state index in [-0.39, 0.29) is 11.1 Å². The van der Waals surface area contributed by atoms with Crippen molar-refractivity contribution in [3.8, 4) is 0 Å². The summed E-state index contributed by atoms with van der Waals surface area (Å²) < 4.78 is 14.2. The van der Waals surface area contributed by atoms with E-state index in [1.807, 2.05) is 25.1 Å². The van der Waals surface area contributed by atoms with Crippen LogP contribution in [0.5, 0.6) is 0 Å². The monoisotopic (exact) mass is 389 g/mol. The fraction of sp³-hybridized carbons (Fsp3) is 0.250. The molecule has 2 rings (SSSR count). The first-order valence-corrected chi connectivity index (χ1v) is 8.18. The fourth-order valence-corrected chi connectivity index (χ4v) is 3.05. The van der Waals surface area contributed by atoms with Gasteiger partial charge in [-0.3, -0.25) is 0 Å². The summed E-state index contributed by atoms with van der Waals surface area (Å²) in [7, 11) is 0. The molecule has 0 aliphatic rings.